The van der Waals surface area contributed by atoms with Crippen LogP contribution in [0.25, 0.3) is 0 Å². The van der Waals surface area contributed by atoms with Crippen molar-refractivity contribution in [2.24, 2.45) is 0 Å². The first-order valence-electron chi connectivity index (χ1n) is 4.25. The quantitative estimate of drug-likeness (QED) is 0.397. The Kier molecular flexibility index (Phi) is 2.23. The Balaban J connectivity index is 2.04. The molecular weight excluding hydrogens is 164 g/mol. The van der Waals surface area contributed by atoms with Crippen molar-refractivity contribution < 1.29 is 9.53 Å². The average molecular weight is 174 g/mol. The van der Waals surface area contributed by atoms with Crippen molar-refractivity contribution in [1.29, 1.82) is 0 Å². The van der Waals surface area contributed by atoms with Crippen molar-refractivity contribution in [3.05, 3.63) is 48.0 Å². The molecule has 1 aliphatic heterocycles. The van der Waals surface area contributed by atoms with E-state index in [4.69, 9.17) is 4.74 Å². The molecule has 0 saturated carbocycles. The Bertz CT molecular complexity index is 323. The molecule has 1 aromatic rings. The largest absolute Gasteiger partial charge is 0.369 e. The monoisotopic (exact) mass is 174 g/mol. The van der Waals surface area contributed by atoms with Gasteiger partial charge in [0, 0.05) is 5.56 Å². The number of carbonyl (C=O) groups excluding carboxylic acids is 1. The SMILES string of the molecule is O=C(/C=C/[C@H]1CO1)c1ccccc1. The summed E-state index contributed by atoms with van der Waals surface area (Å²) in [4.78, 5) is 11.4. The highest BCUT2D eigenvalue weighted by molar-refractivity contribution is 6.04. The summed E-state index contributed by atoms with van der Waals surface area (Å²) in [5, 5.41) is 0. The minimum Gasteiger partial charge on any atom is -0.369 e. The zero-order valence-electron chi connectivity index (χ0n) is 7.14. The fraction of sp³-hybridized carbons (Fsp3) is 0.182. The molecule has 0 radical (unpaired) electrons. The Hall–Kier alpha value is -1.41. The number of rotatable bonds is 3. The molecule has 0 amide bonds. The van der Waals surface area contributed by atoms with E-state index in [1.54, 1.807) is 24.3 Å². The van der Waals surface area contributed by atoms with Crippen LogP contribution in [0.3, 0.4) is 0 Å². The molecule has 66 valence electrons. The van der Waals surface area contributed by atoms with Gasteiger partial charge < -0.3 is 4.74 Å². The van der Waals surface area contributed by atoms with Crippen LogP contribution in [0.5, 0.6) is 0 Å². The Morgan fingerprint density at radius 3 is 2.69 bits per heavy atom. The van der Waals surface area contributed by atoms with Gasteiger partial charge in [-0.3, -0.25) is 4.79 Å². The van der Waals surface area contributed by atoms with Crippen molar-refractivity contribution in [1.82, 2.24) is 0 Å². The fourth-order valence-corrected chi connectivity index (χ4v) is 1.06. The van der Waals surface area contributed by atoms with E-state index in [0.29, 0.717) is 0 Å². The van der Waals surface area contributed by atoms with Crippen molar-refractivity contribution in [3.8, 4) is 0 Å². The van der Waals surface area contributed by atoms with Gasteiger partial charge in [0.25, 0.3) is 0 Å². The van der Waals surface area contributed by atoms with Gasteiger partial charge in [-0.1, -0.05) is 30.3 Å². The molecule has 0 aromatic heterocycles. The standard InChI is InChI=1S/C11H10O2/c12-11(7-6-10-8-13-10)9-4-2-1-3-5-9/h1-7,10H,8H2/b7-6+/t10-/m0/s1. The summed E-state index contributed by atoms with van der Waals surface area (Å²) >= 11 is 0. The van der Waals surface area contributed by atoms with Gasteiger partial charge in [0.15, 0.2) is 5.78 Å². The first-order chi connectivity index (χ1) is 6.36. The molecule has 2 heteroatoms. The van der Waals surface area contributed by atoms with E-state index in [1.165, 1.54) is 0 Å². The lowest BCUT2D eigenvalue weighted by Crippen LogP contribution is -1.93. The Morgan fingerprint density at radius 2 is 2.08 bits per heavy atom. The predicted octanol–water partition coefficient (Wildman–Crippen LogP) is 1.82. The molecule has 2 rings (SSSR count). The third-order valence-corrected chi connectivity index (χ3v) is 1.88. The van der Waals surface area contributed by atoms with Gasteiger partial charge in [0.05, 0.1) is 12.7 Å². The molecular formula is C11H10O2. The molecule has 1 atom stereocenters. The van der Waals surface area contributed by atoms with E-state index in [-0.39, 0.29) is 11.9 Å². The zero-order valence-corrected chi connectivity index (χ0v) is 7.14. The minimum atomic E-state index is 0.0381. The van der Waals surface area contributed by atoms with Crippen LogP contribution in [-0.2, 0) is 4.74 Å². The van der Waals surface area contributed by atoms with Gasteiger partial charge in [-0.2, -0.15) is 0 Å². The first kappa shape index (κ1) is 8.20. The van der Waals surface area contributed by atoms with Gasteiger partial charge in [-0.05, 0) is 12.2 Å². The van der Waals surface area contributed by atoms with Gasteiger partial charge in [-0.25, -0.2) is 0 Å². The molecule has 1 saturated heterocycles. The molecule has 13 heavy (non-hydrogen) atoms. The minimum absolute atomic E-state index is 0.0381. The van der Waals surface area contributed by atoms with E-state index >= 15 is 0 Å². The molecule has 1 aliphatic rings. The summed E-state index contributed by atoms with van der Waals surface area (Å²) < 4.78 is 4.96. The van der Waals surface area contributed by atoms with Gasteiger partial charge in [0.2, 0.25) is 0 Å². The smallest absolute Gasteiger partial charge is 0.185 e. The third-order valence-electron chi connectivity index (χ3n) is 1.88. The van der Waals surface area contributed by atoms with Crippen LogP contribution in [-0.4, -0.2) is 18.5 Å². The van der Waals surface area contributed by atoms with Crippen LogP contribution < -0.4 is 0 Å². The van der Waals surface area contributed by atoms with E-state index < -0.39 is 0 Å². The van der Waals surface area contributed by atoms with Crippen molar-refractivity contribution in [2.45, 2.75) is 6.10 Å². The maximum Gasteiger partial charge on any atom is 0.185 e. The van der Waals surface area contributed by atoms with Crippen LogP contribution in [0.1, 0.15) is 10.4 Å². The second-order valence-electron chi connectivity index (χ2n) is 2.96. The lowest BCUT2D eigenvalue weighted by molar-refractivity contribution is 0.104. The summed E-state index contributed by atoms with van der Waals surface area (Å²) in [6.45, 7) is 0.749. The van der Waals surface area contributed by atoms with Crippen LogP contribution >= 0.6 is 0 Å². The summed E-state index contributed by atoms with van der Waals surface area (Å²) in [6.07, 6.45) is 3.55. The van der Waals surface area contributed by atoms with Crippen LogP contribution in [0, 0.1) is 0 Å². The number of epoxide rings is 1. The number of carbonyl (C=O) groups is 1. The zero-order chi connectivity index (χ0) is 9.10. The maximum absolute atomic E-state index is 11.4. The van der Waals surface area contributed by atoms with Crippen LogP contribution in [0.15, 0.2) is 42.5 Å². The van der Waals surface area contributed by atoms with E-state index in [0.717, 1.165) is 12.2 Å². The second-order valence-corrected chi connectivity index (χ2v) is 2.96. The number of hydrogen-bond acceptors (Lipinski definition) is 2. The number of hydrogen-bond donors (Lipinski definition) is 0. The summed E-state index contributed by atoms with van der Waals surface area (Å²) in [6, 6.07) is 9.22. The number of ketones is 1. The molecule has 0 aliphatic carbocycles. The first-order valence-corrected chi connectivity index (χ1v) is 4.25. The van der Waals surface area contributed by atoms with Crippen molar-refractivity contribution in [3.63, 3.8) is 0 Å². The summed E-state index contributed by atoms with van der Waals surface area (Å²) in [5.41, 5.74) is 0.722. The lowest BCUT2D eigenvalue weighted by Gasteiger charge is -1.92. The fourth-order valence-electron chi connectivity index (χ4n) is 1.06. The molecule has 1 fully saturated rings. The Labute approximate surface area is 76.8 Å². The molecule has 0 bridgehead atoms. The lowest BCUT2D eigenvalue weighted by atomic mass is 10.1. The Morgan fingerprint density at radius 1 is 1.38 bits per heavy atom. The van der Waals surface area contributed by atoms with Gasteiger partial charge >= 0.3 is 0 Å². The summed E-state index contributed by atoms with van der Waals surface area (Å²) in [7, 11) is 0. The molecule has 0 spiro atoms. The number of benzene rings is 1. The highest BCUT2D eigenvalue weighted by Crippen LogP contribution is 2.10. The van der Waals surface area contributed by atoms with E-state index in [9.17, 15) is 4.79 Å². The van der Waals surface area contributed by atoms with Crippen LogP contribution in [0.4, 0.5) is 0 Å². The molecule has 1 aromatic carbocycles. The average Bonchev–Trinajstić information content (AvgIpc) is 2.99. The topological polar surface area (TPSA) is 29.6 Å². The third kappa shape index (κ3) is 2.26. The van der Waals surface area contributed by atoms with Crippen molar-refractivity contribution in [2.75, 3.05) is 6.61 Å². The second kappa shape index (κ2) is 3.54. The van der Waals surface area contributed by atoms with Gasteiger partial charge in [-0.15, -0.1) is 0 Å². The maximum atomic E-state index is 11.4. The normalized spacial score (nSPS) is 20.5. The van der Waals surface area contributed by atoms with Crippen LogP contribution in [0.2, 0.25) is 0 Å². The van der Waals surface area contributed by atoms with E-state index in [1.807, 2.05) is 18.2 Å². The van der Waals surface area contributed by atoms with Crippen molar-refractivity contribution >= 4 is 5.78 Å². The highest BCUT2D eigenvalue weighted by atomic mass is 16.6. The molecule has 1 heterocycles. The van der Waals surface area contributed by atoms with E-state index in [2.05, 4.69) is 0 Å². The molecule has 0 N–H and O–H groups in total. The molecule has 0 unspecified atom stereocenters. The molecule has 2 nitrogen and oxygen atoms in total. The van der Waals surface area contributed by atoms with Gasteiger partial charge in [0.1, 0.15) is 0 Å². The number of allylic oxidation sites excluding steroid dienone is 1. The highest BCUT2D eigenvalue weighted by Gasteiger charge is 2.18. The number of ether oxygens (including phenoxy) is 1. The summed E-state index contributed by atoms with van der Waals surface area (Å²) in [5.74, 6) is 0.0381. The predicted molar refractivity (Wildman–Crippen MR) is 49.7 cm³/mol.